The number of hydrogen-bond acceptors (Lipinski definition) is 3. The van der Waals surface area contributed by atoms with Crippen molar-refractivity contribution < 1.29 is 14.6 Å². The fourth-order valence-corrected chi connectivity index (χ4v) is 2.92. The molecule has 17 heavy (non-hydrogen) atoms. The van der Waals surface area contributed by atoms with E-state index in [-0.39, 0.29) is 17.7 Å². The molecule has 0 aliphatic heterocycles. The SMILES string of the molecule is CCC[C@H](C[C@H](O)CO)O[Si](C)(C)C(C)(C)C. The molecule has 0 aromatic carbocycles. The molecule has 0 aromatic rings. The monoisotopic (exact) mass is 262 g/mol. The molecule has 0 aromatic heterocycles. The van der Waals surface area contributed by atoms with Crippen molar-refractivity contribution in [3.63, 3.8) is 0 Å². The molecule has 0 radical (unpaired) electrons. The zero-order valence-electron chi connectivity index (χ0n) is 12.3. The van der Waals surface area contributed by atoms with Gasteiger partial charge in [-0.05, 0) is 24.6 Å². The van der Waals surface area contributed by atoms with Gasteiger partial charge >= 0.3 is 0 Å². The molecule has 2 N–H and O–H groups in total. The summed E-state index contributed by atoms with van der Waals surface area (Å²) in [4.78, 5) is 0. The average Bonchev–Trinajstić information content (AvgIpc) is 2.15. The van der Waals surface area contributed by atoms with Gasteiger partial charge in [0.05, 0.1) is 12.7 Å². The molecule has 0 unspecified atom stereocenters. The highest BCUT2D eigenvalue weighted by molar-refractivity contribution is 6.74. The average molecular weight is 262 g/mol. The topological polar surface area (TPSA) is 49.7 Å². The molecule has 0 spiro atoms. The summed E-state index contributed by atoms with van der Waals surface area (Å²) in [5.41, 5.74) is 0. The number of aliphatic hydroxyl groups excluding tert-OH is 2. The molecule has 3 nitrogen and oxygen atoms in total. The van der Waals surface area contributed by atoms with E-state index in [0.29, 0.717) is 6.42 Å². The van der Waals surface area contributed by atoms with Crippen LogP contribution in [0.4, 0.5) is 0 Å². The summed E-state index contributed by atoms with van der Waals surface area (Å²) in [7, 11) is -1.78. The van der Waals surface area contributed by atoms with Crippen molar-refractivity contribution >= 4 is 8.32 Å². The van der Waals surface area contributed by atoms with Crippen LogP contribution in [-0.4, -0.2) is 37.3 Å². The van der Waals surface area contributed by atoms with Crippen LogP contribution in [0, 0.1) is 0 Å². The van der Waals surface area contributed by atoms with Crippen LogP contribution in [0.25, 0.3) is 0 Å². The molecule has 0 aliphatic carbocycles. The van der Waals surface area contributed by atoms with Gasteiger partial charge in [-0.15, -0.1) is 0 Å². The van der Waals surface area contributed by atoms with Crippen LogP contribution in [0.1, 0.15) is 47.0 Å². The minimum atomic E-state index is -1.78. The van der Waals surface area contributed by atoms with Gasteiger partial charge in [-0.3, -0.25) is 0 Å². The van der Waals surface area contributed by atoms with Gasteiger partial charge in [-0.1, -0.05) is 34.1 Å². The second kappa shape index (κ2) is 6.88. The minimum Gasteiger partial charge on any atom is -0.414 e. The van der Waals surface area contributed by atoms with Crippen LogP contribution in [0.5, 0.6) is 0 Å². The molecule has 0 heterocycles. The Morgan fingerprint density at radius 2 is 1.76 bits per heavy atom. The first kappa shape index (κ1) is 17.1. The smallest absolute Gasteiger partial charge is 0.192 e. The van der Waals surface area contributed by atoms with E-state index in [0.717, 1.165) is 12.8 Å². The van der Waals surface area contributed by atoms with E-state index < -0.39 is 14.4 Å². The van der Waals surface area contributed by atoms with Crippen molar-refractivity contribution in [2.45, 2.75) is 77.3 Å². The van der Waals surface area contributed by atoms with Crippen molar-refractivity contribution in [2.24, 2.45) is 0 Å². The molecular weight excluding hydrogens is 232 g/mol. The molecule has 4 heteroatoms. The highest BCUT2D eigenvalue weighted by Crippen LogP contribution is 2.38. The molecule has 2 atom stereocenters. The van der Waals surface area contributed by atoms with Crippen molar-refractivity contribution in [1.29, 1.82) is 0 Å². The molecule has 0 fully saturated rings. The van der Waals surface area contributed by atoms with Crippen LogP contribution in [0.15, 0.2) is 0 Å². The Balaban J connectivity index is 4.53. The zero-order valence-corrected chi connectivity index (χ0v) is 13.3. The van der Waals surface area contributed by atoms with Gasteiger partial charge in [-0.25, -0.2) is 0 Å². The molecule has 0 bridgehead atoms. The number of hydrogen-bond donors (Lipinski definition) is 2. The van der Waals surface area contributed by atoms with Crippen LogP contribution >= 0.6 is 0 Å². The van der Waals surface area contributed by atoms with Gasteiger partial charge in [-0.2, -0.15) is 0 Å². The molecule has 0 saturated heterocycles. The molecular formula is C13H30O3Si. The Labute approximate surface area is 107 Å². The highest BCUT2D eigenvalue weighted by Gasteiger charge is 2.39. The third kappa shape index (κ3) is 6.00. The Hall–Kier alpha value is 0.0969. The Kier molecular flexibility index (Phi) is 6.92. The van der Waals surface area contributed by atoms with Gasteiger partial charge in [0.15, 0.2) is 8.32 Å². The van der Waals surface area contributed by atoms with Gasteiger partial charge in [0.25, 0.3) is 0 Å². The molecule has 104 valence electrons. The predicted molar refractivity (Wildman–Crippen MR) is 74.7 cm³/mol. The summed E-state index contributed by atoms with van der Waals surface area (Å²) < 4.78 is 6.28. The number of aliphatic hydroxyl groups is 2. The lowest BCUT2D eigenvalue weighted by atomic mass is 10.1. The van der Waals surface area contributed by atoms with Crippen LogP contribution in [0.3, 0.4) is 0 Å². The summed E-state index contributed by atoms with van der Waals surface area (Å²) in [6.07, 6.45) is 1.94. The van der Waals surface area contributed by atoms with E-state index in [4.69, 9.17) is 9.53 Å². The lowest BCUT2D eigenvalue weighted by Crippen LogP contribution is -2.44. The first-order chi connectivity index (χ1) is 7.64. The van der Waals surface area contributed by atoms with Crippen molar-refractivity contribution in [3.05, 3.63) is 0 Å². The maximum Gasteiger partial charge on any atom is 0.192 e. The Morgan fingerprint density at radius 3 is 2.12 bits per heavy atom. The van der Waals surface area contributed by atoms with E-state index in [1.807, 2.05) is 0 Å². The third-order valence-electron chi connectivity index (χ3n) is 3.62. The van der Waals surface area contributed by atoms with Gasteiger partial charge in [0, 0.05) is 12.5 Å². The lowest BCUT2D eigenvalue weighted by Gasteiger charge is -2.39. The number of rotatable bonds is 7. The third-order valence-corrected chi connectivity index (χ3v) is 8.16. The van der Waals surface area contributed by atoms with Gasteiger partial charge < -0.3 is 14.6 Å². The minimum absolute atomic E-state index is 0.0723. The maximum absolute atomic E-state index is 9.54. The second-order valence-corrected chi connectivity index (χ2v) is 11.1. The fourth-order valence-electron chi connectivity index (χ4n) is 1.52. The molecule has 0 saturated carbocycles. The maximum atomic E-state index is 9.54. The molecule has 0 aliphatic rings. The van der Waals surface area contributed by atoms with Crippen molar-refractivity contribution in [1.82, 2.24) is 0 Å². The van der Waals surface area contributed by atoms with E-state index in [1.165, 1.54) is 0 Å². The predicted octanol–water partition coefficient (Wildman–Crippen LogP) is 2.92. The van der Waals surface area contributed by atoms with E-state index >= 15 is 0 Å². The molecule has 0 amide bonds. The van der Waals surface area contributed by atoms with E-state index in [1.54, 1.807) is 0 Å². The normalized spacial score (nSPS) is 16.9. The van der Waals surface area contributed by atoms with E-state index in [9.17, 15) is 5.11 Å². The van der Waals surface area contributed by atoms with Crippen LogP contribution in [-0.2, 0) is 4.43 Å². The van der Waals surface area contributed by atoms with Crippen molar-refractivity contribution in [3.8, 4) is 0 Å². The first-order valence-electron chi connectivity index (χ1n) is 6.60. The lowest BCUT2D eigenvalue weighted by molar-refractivity contribution is 0.0427. The van der Waals surface area contributed by atoms with Gasteiger partial charge in [0.2, 0.25) is 0 Å². The molecule has 0 rings (SSSR count). The zero-order chi connectivity index (χ0) is 13.7. The van der Waals surface area contributed by atoms with Crippen LogP contribution < -0.4 is 0 Å². The summed E-state index contributed by atoms with van der Waals surface area (Å²) in [6, 6.07) is 0. The van der Waals surface area contributed by atoms with E-state index in [2.05, 4.69) is 40.8 Å². The first-order valence-corrected chi connectivity index (χ1v) is 9.51. The second-order valence-electron chi connectivity index (χ2n) is 6.36. The summed E-state index contributed by atoms with van der Waals surface area (Å²) >= 11 is 0. The quantitative estimate of drug-likeness (QED) is 0.694. The summed E-state index contributed by atoms with van der Waals surface area (Å²) in [5, 5.41) is 18.6. The standard InChI is InChI=1S/C13H30O3Si/c1-7-8-12(9-11(15)10-14)16-17(5,6)13(2,3)4/h11-12,14-15H,7-10H2,1-6H3/t11-,12+/m0/s1. The van der Waals surface area contributed by atoms with Crippen LogP contribution in [0.2, 0.25) is 18.1 Å². The van der Waals surface area contributed by atoms with Crippen molar-refractivity contribution in [2.75, 3.05) is 6.61 Å². The largest absolute Gasteiger partial charge is 0.414 e. The Bertz CT molecular complexity index is 211. The van der Waals surface area contributed by atoms with Gasteiger partial charge in [0.1, 0.15) is 0 Å². The Morgan fingerprint density at radius 1 is 1.24 bits per heavy atom. The highest BCUT2D eigenvalue weighted by atomic mass is 28.4. The fraction of sp³-hybridized carbons (Fsp3) is 1.00. The summed E-state index contributed by atoms with van der Waals surface area (Å²) in [5.74, 6) is 0. The summed E-state index contributed by atoms with van der Waals surface area (Å²) in [6.45, 7) is 13.0.